The van der Waals surface area contributed by atoms with Gasteiger partial charge >= 0.3 is 0 Å². The number of hydrogen-bond donors (Lipinski definition) is 0. The van der Waals surface area contributed by atoms with E-state index in [2.05, 4.69) is 53.4 Å². The van der Waals surface area contributed by atoms with E-state index >= 15 is 0 Å². The maximum Gasteiger partial charge on any atom is 0.231 e. The monoisotopic (exact) mass is 435 g/mol. The lowest BCUT2D eigenvalue weighted by Crippen LogP contribution is -2.24. The minimum Gasteiger partial charge on any atom is -0.497 e. The van der Waals surface area contributed by atoms with Crippen LogP contribution in [0.4, 0.5) is 5.69 Å². The van der Waals surface area contributed by atoms with E-state index in [0.717, 1.165) is 42.3 Å². The van der Waals surface area contributed by atoms with Crippen LogP contribution in [-0.4, -0.2) is 27.6 Å². The molecule has 1 atom stereocenters. The Morgan fingerprint density at radius 2 is 1.90 bits per heavy atom. The Balaban J connectivity index is 1.44. The molecule has 31 heavy (non-hydrogen) atoms. The molecular weight excluding hydrogens is 410 g/mol. The van der Waals surface area contributed by atoms with Crippen molar-refractivity contribution in [2.24, 2.45) is 0 Å². The van der Waals surface area contributed by atoms with Gasteiger partial charge in [0.2, 0.25) is 12.5 Å². The van der Waals surface area contributed by atoms with Crippen molar-refractivity contribution >= 4 is 17.4 Å². The molecule has 0 amide bonds. The van der Waals surface area contributed by atoms with E-state index in [-0.39, 0.29) is 6.79 Å². The normalized spacial score (nSPS) is 17.1. The van der Waals surface area contributed by atoms with Gasteiger partial charge in [-0.25, -0.2) is 0 Å². The first kappa shape index (κ1) is 19.9. The van der Waals surface area contributed by atoms with Gasteiger partial charge in [-0.05, 0) is 53.9 Å². The van der Waals surface area contributed by atoms with Crippen molar-refractivity contribution < 1.29 is 18.9 Å². The predicted molar refractivity (Wildman–Crippen MR) is 123 cm³/mol. The molecule has 0 radical (unpaired) electrons. The number of hydrogen-bond acceptors (Lipinski definition) is 6. The SMILES string of the molecule is COc1cccc([C@H]2CCN(Cc3cc(OC)c4c(c3)OCO4)c3ccccc3S2)c1. The Morgan fingerprint density at radius 1 is 1.00 bits per heavy atom. The Hall–Kier alpha value is -2.99. The first-order valence-electron chi connectivity index (χ1n) is 10.4. The van der Waals surface area contributed by atoms with E-state index in [4.69, 9.17) is 18.9 Å². The Bertz CT molecular complexity index is 1090. The second kappa shape index (κ2) is 8.63. The maximum atomic E-state index is 5.62. The van der Waals surface area contributed by atoms with Gasteiger partial charge in [0.15, 0.2) is 11.5 Å². The zero-order valence-corrected chi connectivity index (χ0v) is 18.5. The van der Waals surface area contributed by atoms with Crippen molar-refractivity contribution in [3.63, 3.8) is 0 Å². The fourth-order valence-electron chi connectivity index (χ4n) is 4.16. The number of rotatable bonds is 5. The standard InChI is InChI=1S/C25H25NO4S/c1-27-19-7-5-6-18(14-19)23-10-11-26(20-8-3-4-9-24(20)31-23)15-17-12-21(28-2)25-22(13-17)29-16-30-25/h3-9,12-14,23H,10-11,15-16H2,1-2H3/t23-/m1/s1. The van der Waals surface area contributed by atoms with Gasteiger partial charge in [0.05, 0.1) is 19.9 Å². The van der Waals surface area contributed by atoms with Crippen LogP contribution in [0.3, 0.4) is 0 Å². The molecule has 3 aromatic carbocycles. The van der Waals surface area contributed by atoms with E-state index in [1.165, 1.54) is 16.1 Å². The minimum absolute atomic E-state index is 0.237. The molecular formula is C25H25NO4S. The highest BCUT2D eigenvalue weighted by molar-refractivity contribution is 7.99. The molecule has 0 N–H and O–H groups in total. The predicted octanol–water partition coefficient (Wildman–Crippen LogP) is 5.68. The average Bonchev–Trinajstić information content (AvgIpc) is 3.21. The van der Waals surface area contributed by atoms with Gasteiger partial charge in [0, 0.05) is 23.2 Å². The van der Waals surface area contributed by atoms with Crippen molar-refractivity contribution in [2.45, 2.75) is 23.1 Å². The third-order valence-electron chi connectivity index (χ3n) is 5.69. The lowest BCUT2D eigenvalue weighted by atomic mass is 10.1. The molecule has 5 nitrogen and oxygen atoms in total. The van der Waals surface area contributed by atoms with Crippen LogP contribution >= 0.6 is 11.8 Å². The highest BCUT2D eigenvalue weighted by atomic mass is 32.2. The van der Waals surface area contributed by atoms with E-state index in [9.17, 15) is 0 Å². The Morgan fingerprint density at radius 3 is 2.77 bits per heavy atom. The highest BCUT2D eigenvalue weighted by Crippen LogP contribution is 2.47. The molecule has 2 heterocycles. The number of benzene rings is 3. The molecule has 0 saturated heterocycles. The highest BCUT2D eigenvalue weighted by Gasteiger charge is 2.25. The van der Waals surface area contributed by atoms with Crippen molar-refractivity contribution in [3.8, 4) is 23.0 Å². The van der Waals surface area contributed by atoms with E-state index in [1.54, 1.807) is 14.2 Å². The number of methoxy groups -OCH3 is 2. The van der Waals surface area contributed by atoms with Gasteiger partial charge in [-0.2, -0.15) is 0 Å². The fraction of sp³-hybridized carbons (Fsp3) is 0.280. The fourth-order valence-corrected chi connectivity index (χ4v) is 5.45. The van der Waals surface area contributed by atoms with E-state index < -0.39 is 0 Å². The molecule has 5 rings (SSSR count). The topological polar surface area (TPSA) is 40.2 Å². The van der Waals surface area contributed by atoms with E-state index in [1.807, 2.05) is 23.9 Å². The number of fused-ring (bicyclic) bond motifs is 2. The molecule has 0 saturated carbocycles. The molecule has 0 unspecified atom stereocenters. The zero-order chi connectivity index (χ0) is 21.2. The number of ether oxygens (including phenoxy) is 4. The molecule has 3 aromatic rings. The van der Waals surface area contributed by atoms with Crippen molar-refractivity contribution in [3.05, 3.63) is 71.8 Å². The molecule has 6 heteroatoms. The quantitative estimate of drug-likeness (QED) is 0.514. The Labute approximate surface area is 186 Å². The van der Waals surface area contributed by atoms with Crippen LogP contribution in [0.25, 0.3) is 0 Å². The largest absolute Gasteiger partial charge is 0.497 e. The Kier molecular flexibility index (Phi) is 5.55. The summed E-state index contributed by atoms with van der Waals surface area (Å²) in [7, 11) is 3.38. The van der Waals surface area contributed by atoms with Crippen molar-refractivity contribution in [1.29, 1.82) is 0 Å². The summed E-state index contributed by atoms with van der Waals surface area (Å²) in [6, 6.07) is 21.2. The lowest BCUT2D eigenvalue weighted by Gasteiger charge is -2.25. The second-order valence-corrected chi connectivity index (χ2v) is 8.84. The second-order valence-electron chi connectivity index (χ2n) is 7.59. The molecule has 2 aliphatic heterocycles. The number of anilines is 1. The maximum absolute atomic E-state index is 5.62. The van der Waals surface area contributed by atoms with Crippen molar-refractivity contribution in [2.75, 3.05) is 32.5 Å². The van der Waals surface area contributed by atoms with Gasteiger partial charge in [0.25, 0.3) is 0 Å². The van der Waals surface area contributed by atoms with Gasteiger partial charge < -0.3 is 23.8 Å². The van der Waals surface area contributed by atoms with Crippen LogP contribution in [0.1, 0.15) is 22.8 Å². The summed E-state index contributed by atoms with van der Waals surface area (Å²) in [6.07, 6.45) is 1.04. The van der Waals surface area contributed by atoms with Crippen LogP contribution in [0.15, 0.2) is 65.6 Å². The summed E-state index contributed by atoms with van der Waals surface area (Å²) < 4.78 is 22.2. The summed E-state index contributed by atoms with van der Waals surface area (Å²) in [5.74, 6) is 3.06. The zero-order valence-electron chi connectivity index (χ0n) is 17.7. The first-order valence-corrected chi connectivity index (χ1v) is 11.2. The van der Waals surface area contributed by atoms with Crippen LogP contribution in [0.2, 0.25) is 0 Å². The van der Waals surface area contributed by atoms with Gasteiger partial charge in [-0.15, -0.1) is 11.8 Å². The van der Waals surface area contributed by atoms with E-state index in [0.29, 0.717) is 11.0 Å². The molecule has 0 aliphatic carbocycles. The summed E-state index contributed by atoms with van der Waals surface area (Å²) in [4.78, 5) is 3.74. The molecule has 0 spiro atoms. The van der Waals surface area contributed by atoms with Gasteiger partial charge in [-0.1, -0.05) is 24.3 Å². The third kappa shape index (κ3) is 4.00. The first-order chi connectivity index (χ1) is 15.2. The van der Waals surface area contributed by atoms with Crippen LogP contribution in [-0.2, 0) is 6.54 Å². The number of nitrogens with zero attached hydrogens (tertiary/aromatic N) is 1. The molecule has 0 aromatic heterocycles. The van der Waals surface area contributed by atoms with Crippen molar-refractivity contribution in [1.82, 2.24) is 0 Å². The minimum atomic E-state index is 0.237. The average molecular weight is 436 g/mol. The smallest absolute Gasteiger partial charge is 0.231 e. The molecule has 0 bridgehead atoms. The number of para-hydroxylation sites is 1. The van der Waals surface area contributed by atoms with Gasteiger partial charge in [-0.3, -0.25) is 0 Å². The number of thioether (sulfide) groups is 1. The molecule has 160 valence electrons. The van der Waals surface area contributed by atoms with Gasteiger partial charge in [0.1, 0.15) is 5.75 Å². The van der Waals surface area contributed by atoms with Crippen LogP contribution in [0.5, 0.6) is 23.0 Å². The van der Waals surface area contributed by atoms with Crippen LogP contribution in [0, 0.1) is 0 Å². The third-order valence-corrected chi connectivity index (χ3v) is 7.09. The molecule has 2 aliphatic rings. The summed E-state index contributed by atoms with van der Waals surface area (Å²) in [6.45, 7) is 1.96. The molecule has 0 fully saturated rings. The van der Waals surface area contributed by atoms with Crippen LogP contribution < -0.4 is 23.8 Å². The summed E-state index contributed by atoms with van der Waals surface area (Å²) in [5.41, 5.74) is 3.70. The lowest BCUT2D eigenvalue weighted by molar-refractivity contribution is 0.171. The summed E-state index contributed by atoms with van der Waals surface area (Å²) >= 11 is 1.93. The summed E-state index contributed by atoms with van der Waals surface area (Å²) in [5, 5.41) is 0.368.